The predicted molar refractivity (Wildman–Crippen MR) is 80.7 cm³/mol. The molecule has 2 aromatic rings. The molecule has 3 rings (SSSR count). The lowest BCUT2D eigenvalue weighted by molar-refractivity contribution is -0.146. The molecule has 0 aliphatic heterocycles. The van der Waals surface area contributed by atoms with E-state index in [9.17, 15) is 4.79 Å². The topological polar surface area (TPSA) is 52.1 Å². The number of hydrogen-bond acceptors (Lipinski definition) is 4. The maximum atomic E-state index is 11.6. The second-order valence-corrected chi connectivity index (χ2v) is 5.78. The molecule has 0 bridgehead atoms. The van der Waals surface area contributed by atoms with Crippen LogP contribution in [0.3, 0.4) is 0 Å². The summed E-state index contributed by atoms with van der Waals surface area (Å²) in [5, 5.41) is 1.15. The summed E-state index contributed by atoms with van der Waals surface area (Å²) in [6.07, 6.45) is 6.62. The summed E-state index contributed by atoms with van der Waals surface area (Å²) < 4.78 is 4.84. The van der Waals surface area contributed by atoms with Crippen molar-refractivity contribution in [1.82, 2.24) is 9.97 Å². The Labute approximate surface area is 124 Å². The molecule has 0 saturated heterocycles. The fourth-order valence-electron chi connectivity index (χ4n) is 3.27. The van der Waals surface area contributed by atoms with Gasteiger partial charge in [-0.1, -0.05) is 18.2 Å². The lowest BCUT2D eigenvalue weighted by atomic mass is 9.79. The largest absolute Gasteiger partial charge is 0.469 e. The van der Waals surface area contributed by atoms with E-state index in [0.29, 0.717) is 5.92 Å². The number of rotatable bonds is 3. The summed E-state index contributed by atoms with van der Waals surface area (Å²) in [5.41, 5.74) is 2.13. The third-order valence-corrected chi connectivity index (χ3v) is 4.49. The van der Waals surface area contributed by atoms with Crippen LogP contribution in [0, 0.1) is 11.8 Å². The minimum absolute atomic E-state index is 0.0547. The molecule has 1 heterocycles. The first-order chi connectivity index (χ1) is 10.3. The highest BCUT2D eigenvalue weighted by Gasteiger charge is 2.27. The Bertz CT molecular complexity index is 628. The van der Waals surface area contributed by atoms with Gasteiger partial charge >= 0.3 is 5.97 Å². The molecule has 1 saturated carbocycles. The zero-order valence-corrected chi connectivity index (χ0v) is 12.3. The summed E-state index contributed by atoms with van der Waals surface area (Å²) in [7, 11) is 1.47. The molecule has 4 heteroatoms. The van der Waals surface area contributed by atoms with E-state index in [0.717, 1.165) is 48.7 Å². The van der Waals surface area contributed by atoms with Gasteiger partial charge in [0, 0.05) is 5.39 Å². The highest BCUT2D eigenvalue weighted by molar-refractivity contribution is 5.80. The Morgan fingerprint density at radius 1 is 1.19 bits per heavy atom. The number of carbonyl (C=O) groups is 1. The monoisotopic (exact) mass is 284 g/mol. The minimum atomic E-state index is -0.0547. The molecule has 1 fully saturated rings. The van der Waals surface area contributed by atoms with Crippen LogP contribution >= 0.6 is 0 Å². The average molecular weight is 284 g/mol. The summed E-state index contributed by atoms with van der Waals surface area (Å²) in [4.78, 5) is 20.3. The summed E-state index contributed by atoms with van der Waals surface area (Å²) in [6.45, 7) is 0. The first-order valence-corrected chi connectivity index (χ1v) is 7.54. The van der Waals surface area contributed by atoms with Crippen LogP contribution in [0.5, 0.6) is 0 Å². The standard InChI is InChI=1S/C17H20N2O2/c1-21-17(20)13-8-6-12(7-9-13)10-16-14-4-2-3-5-15(14)18-11-19-16/h2-5,11-13H,6-10H2,1H3. The molecule has 0 spiro atoms. The van der Waals surface area contributed by atoms with Crippen molar-refractivity contribution in [2.24, 2.45) is 11.8 Å². The third-order valence-electron chi connectivity index (χ3n) is 4.49. The SMILES string of the molecule is COC(=O)C1CCC(Cc2ncnc3ccccc23)CC1. The highest BCUT2D eigenvalue weighted by Crippen LogP contribution is 2.32. The molecule has 0 amide bonds. The molecule has 4 nitrogen and oxygen atoms in total. The number of nitrogens with zero attached hydrogens (tertiary/aromatic N) is 2. The Kier molecular flexibility index (Phi) is 4.13. The van der Waals surface area contributed by atoms with Crippen molar-refractivity contribution in [3.63, 3.8) is 0 Å². The Hall–Kier alpha value is -1.97. The van der Waals surface area contributed by atoms with Gasteiger partial charge in [0.25, 0.3) is 0 Å². The molecule has 1 aliphatic carbocycles. The Balaban J connectivity index is 1.69. The molecule has 1 aliphatic rings. The van der Waals surface area contributed by atoms with Crippen molar-refractivity contribution in [3.8, 4) is 0 Å². The van der Waals surface area contributed by atoms with Crippen LogP contribution in [0.25, 0.3) is 10.9 Å². The number of hydrogen-bond donors (Lipinski definition) is 0. The summed E-state index contributed by atoms with van der Waals surface area (Å²) >= 11 is 0. The first-order valence-electron chi connectivity index (χ1n) is 7.54. The van der Waals surface area contributed by atoms with Crippen molar-refractivity contribution < 1.29 is 9.53 Å². The van der Waals surface area contributed by atoms with Crippen molar-refractivity contribution in [1.29, 1.82) is 0 Å². The molecule has 0 unspecified atom stereocenters. The Morgan fingerprint density at radius 3 is 2.71 bits per heavy atom. The van der Waals surface area contributed by atoms with E-state index in [-0.39, 0.29) is 11.9 Å². The summed E-state index contributed by atoms with van der Waals surface area (Å²) in [6, 6.07) is 8.14. The van der Waals surface area contributed by atoms with E-state index in [2.05, 4.69) is 16.0 Å². The van der Waals surface area contributed by atoms with E-state index < -0.39 is 0 Å². The molecule has 0 atom stereocenters. The number of benzene rings is 1. The van der Waals surface area contributed by atoms with Gasteiger partial charge < -0.3 is 4.74 Å². The van der Waals surface area contributed by atoms with Crippen LogP contribution in [0.1, 0.15) is 31.4 Å². The van der Waals surface area contributed by atoms with Crippen LogP contribution in [-0.2, 0) is 16.0 Å². The first kappa shape index (κ1) is 14.0. The molecule has 1 aromatic carbocycles. The van der Waals surface area contributed by atoms with Gasteiger partial charge in [0.1, 0.15) is 6.33 Å². The van der Waals surface area contributed by atoms with Crippen LogP contribution in [0.2, 0.25) is 0 Å². The second kappa shape index (κ2) is 6.20. The van der Waals surface area contributed by atoms with E-state index >= 15 is 0 Å². The normalized spacial score (nSPS) is 22.1. The number of methoxy groups -OCH3 is 1. The second-order valence-electron chi connectivity index (χ2n) is 5.78. The molecular formula is C17H20N2O2. The van der Waals surface area contributed by atoms with Gasteiger partial charge in [-0.2, -0.15) is 0 Å². The van der Waals surface area contributed by atoms with Crippen LogP contribution in [0.4, 0.5) is 0 Å². The lowest BCUT2D eigenvalue weighted by Crippen LogP contribution is -2.23. The minimum Gasteiger partial charge on any atom is -0.469 e. The number of aromatic nitrogens is 2. The maximum absolute atomic E-state index is 11.6. The molecule has 21 heavy (non-hydrogen) atoms. The van der Waals surface area contributed by atoms with Crippen molar-refractivity contribution in [2.45, 2.75) is 32.1 Å². The summed E-state index contributed by atoms with van der Waals surface area (Å²) in [5.74, 6) is 0.638. The predicted octanol–water partition coefficient (Wildman–Crippen LogP) is 3.15. The van der Waals surface area contributed by atoms with Gasteiger partial charge in [0.05, 0.1) is 24.2 Å². The van der Waals surface area contributed by atoms with Gasteiger partial charge in [-0.25, -0.2) is 9.97 Å². The molecular weight excluding hydrogens is 264 g/mol. The number of ether oxygens (including phenoxy) is 1. The quantitative estimate of drug-likeness (QED) is 0.812. The molecule has 0 radical (unpaired) electrons. The number of esters is 1. The fraction of sp³-hybridized carbons (Fsp3) is 0.471. The van der Waals surface area contributed by atoms with Crippen molar-refractivity contribution in [2.75, 3.05) is 7.11 Å². The van der Waals surface area contributed by atoms with Gasteiger partial charge in [-0.15, -0.1) is 0 Å². The highest BCUT2D eigenvalue weighted by atomic mass is 16.5. The lowest BCUT2D eigenvalue weighted by Gasteiger charge is -2.26. The van der Waals surface area contributed by atoms with Gasteiger partial charge in [0.2, 0.25) is 0 Å². The average Bonchev–Trinajstić information content (AvgIpc) is 2.55. The number of fused-ring (bicyclic) bond motifs is 1. The maximum Gasteiger partial charge on any atom is 0.308 e. The smallest absolute Gasteiger partial charge is 0.308 e. The third kappa shape index (κ3) is 3.04. The van der Waals surface area contributed by atoms with E-state index in [1.54, 1.807) is 6.33 Å². The van der Waals surface area contributed by atoms with E-state index in [1.807, 2.05) is 18.2 Å². The number of para-hydroxylation sites is 1. The Morgan fingerprint density at radius 2 is 1.95 bits per heavy atom. The fourth-order valence-corrected chi connectivity index (χ4v) is 3.27. The zero-order valence-electron chi connectivity index (χ0n) is 12.3. The van der Waals surface area contributed by atoms with Crippen LogP contribution < -0.4 is 0 Å². The number of carbonyl (C=O) groups excluding carboxylic acids is 1. The zero-order chi connectivity index (χ0) is 14.7. The molecule has 1 aromatic heterocycles. The van der Waals surface area contributed by atoms with Gasteiger partial charge in [0.15, 0.2) is 0 Å². The molecule has 110 valence electrons. The van der Waals surface area contributed by atoms with Crippen molar-refractivity contribution in [3.05, 3.63) is 36.3 Å². The van der Waals surface area contributed by atoms with E-state index in [4.69, 9.17) is 4.74 Å². The molecule has 0 N–H and O–H groups in total. The van der Waals surface area contributed by atoms with Crippen LogP contribution in [-0.4, -0.2) is 23.0 Å². The van der Waals surface area contributed by atoms with Gasteiger partial charge in [-0.05, 0) is 44.1 Å². The van der Waals surface area contributed by atoms with E-state index in [1.165, 1.54) is 7.11 Å². The van der Waals surface area contributed by atoms with Crippen molar-refractivity contribution >= 4 is 16.9 Å². The van der Waals surface area contributed by atoms with Crippen LogP contribution in [0.15, 0.2) is 30.6 Å². The van der Waals surface area contributed by atoms with Gasteiger partial charge in [-0.3, -0.25) is 4.79 Å².